The number of aliphatic hydroxyl groups is 1. The number of hydrogen-bond acceptors (Lipinski definition) is 4. The van der Waals surface area contributed by atoms with Crippen LogP contribution >= 0.6 is 0 Å². The van der Waals surface area contributed by atoms with Gasteiger partial charge in [-0.2, -0.15) is 0 Å². The number of carboxylic acid groups (broad SMARTS) is 1. The normalized spacial score (nSPS) is 12.1. The first-order chi connectivity index (χ1) is 10.5. The molecule has 1 unspecified atom stereocenters. The SMILES string of the molecule is CCC(O)Cc1ncc(C=O)n1Cc1ccc(C(=O)O)cc1. The van der Waals surface area contributed by atoms with E-state index < -0.39 is 12.1 Å². The van der Waals surface area contributed by atoms with E-state index in [1.54, 1.807) is 16.7 Å². The number of hydrogen-bond donors (Lipinski definition) is 2. The summed E-state index contributed by atoms with van der Waals surface area (Å²) in [4.78, 5) is 26.2. The quantitative estimate of drug-likeness (QED) is 0.760. The van der Waals surface area contributed by atoms with Gasteiger partial charge in [0.05, 0.1) is 17.9 Å². The molecule has 6 nitrogen and oxygen atoms in total. The maximum absolute atomic E-state index is 11.1. The number of carbonyl (C=O) groups is 2. The van der Waals surface area contributed by atoms with Crippen LogP contribution in [0.5, 0.6) is 0 Å². The fraction of sp³-hybridized carbons (Fsp3) is 0.312. The highest BCUT2D eigenvalue weighted by Gasteiger charge is 2.13. The predicted molar refractivity (Wildman–Crippen MR) is 80.1 cm³/mol. The number of aromatic carboxylic acids is 1. The zero-order valence-electron chi connectivity index (χ0n) is 12.3. The standard InChI is InChI=1S/C16H18N2O4/c1-2-14(20)7-15-17-8-13(10-19)18(15)9-11-3-5-12(6-4-11)16(21)22/h3-6,8,10,14,20H,2,7,9H2,1H3,(H,21,22). The van der Waals surface area contributed by atoms with E-state index in [2.05, 4.69) is 4.98 Å². The van der Waals surface area contributed by atoms with Gasteiger partial charge in [-0.25, -0.2) is 9.78 Å². The van der Waals surface area contributed by atoms with Crippen LogP contribution in [0.25, 0.3) is 0 Å². The molecule has 0 aliphatic carbocycles. The van der Waals surface area contributed by atoms with Crippen LogP contribution in [-0.2, 0) is 13.0 Å². The van der Waals surface area contributed by atoms with Gasteiger partial charge in [0.25, 0.3) is 0 Å². The van der Waals surface area contributed by atoms with Crippen molar-refractivity contribution < 1.29 is 19.8 Å². The van der Waals surface area contributed by atoms with Crippen LogP contribution in [0.3, 0.4) is 0 Å². The molecule has 0 amide bonds. The average Bonchev–Trinajstić information content (AvgIpc) is 2.89. The highest BCUT2D eigenvalue weighted by atomic mass is 16.4. The summed E-state index contributed by atoms with van der Waals surface area (Å²) in [5.74, 6) is -0.340. The van der Waals surface area contributed by atoms with Crippen molar-refractivity contribution in [3.63, 3.8) is 0 Å². The zero-order valence-corrected chi connectivity index (χ0v) is 12.3. The monoisotopic (exact) mass is 302 g/mol. The van der Waals surface area contributed by atoms with E-state index >= 15 is 0 Å². The predicted octanol–water partition coefficient (Wildman–Crippen LogP) is 1.76. The molecule has 2 N–H and O–H groups in total. The van der Waals surface area contributed by atoms with Crippen LogP contribution in [0.1, 0.15) is 45.6 Å². The molecule has 1 aromatic carbocycles. The zero-order chi connectivity index (χ0) is 16.1. The van der Waals surface area contributed by atoms with Crippen molar-refractivity contribution in [3.05, 3.63) is 53.1 Å². The largest absolute Gasteiger partial charge is 0.478 e. The Hall–Kier alpha value is -2.47. The Bertz CT molecular complexity index is 661. The van der Waals surface area contributed by atoms with Crippen molar-refractivity contribution in [3.8, 4) is 0 Å². The second kappa shape index (κ2) is 7.00. The molecule has 0 saturated carbocycles. The fourth-order valence-electron chi connectivity index (χ4n) is 2.16. The molecule has 0 spiro atoms. The first-order valence-corrected chi connectivity index (χ1v) is 7.05. The van der Waals surface area contributed by atoms with E-state index in [4.69, 9.17) is 5.11 Å². The summed E-state index contributed by atoms with van der Waals surface area (Å²) < 4.78 is 1.74. The van der Waals surface area contributed by atoms with Gasteiger partial charge < -0.3 is 14.8 Å². The molecule has 6 heteroatoms. The summed E-state index contributed by atoms with van der Waals surface area (Å²) in [7, 11) is 0. The molecule has 2 aromatic rings. The van der Waals surface area contributed by atoms with E-state index in [0.29, 0.717) is 30.9 Å². The minimum absolute atomic E-state index is 0.214. The van der Waals surface area contributed by atoms with Gasteiger partial charge in [0.2, 0.25) is 0 Å². The van der Waals surface area contributed by atoms with Crippen molar-refractivity contribution in [2.24, 2.45) is 0 Å². The molecule has 0 aliphatic heterocycles. The van der Waals surface area contributed by atoms with Gasteiger partial charge in [-0.15, -0.1) is 0 Å². The van der Waals surface area contributed by atoms with Crippen molar-refractivity contribution >= 4 is 12.3 Å². The Balaban J connectivity index is 2.25. The first-order valence-electron chi connectivity index (χ1n) is 7.05. The highest BCUT2D eigenvalue weighted by molar-refractivity contribution is 5.87. The summed E-state index contributed by atoms with van der Waals surface area (Å²) in [6, 6.07) is 6.46. The lowest BCUT2D eigenvalue weighted by atomic mass is 10.1. The van der Waals surface area contributed by atoms with Crippen molar-refractivity contribution in [2.75, 3.05) is 0 Å². The maximum atomic E-state index is 11.1. The number of aliphatic hydroxyl groups excluding tert-OH is 1. The lowest BCUT2D eigenvalue weighted by molar-refractivity contribution is 0.0696. The Morgan fingerprint density at radius 3 is 2.59 bits per heavy atom. The number of rotatable bonds is 7. The molecule has 1 heterocycles. The van der Waals surface area contributed by atoms with E-state index in [9.17, 15) is 14.7 Å². The summed E-state index contributed by atoms with van der Waals surface area (Å²) in [5, 5.41) is 18.7. The molecule has 1 atom stereocenters. The van der Waals surface area contributed by atoms with Gasteiger partial charge >= 0.3 is 5.97 Å². The Morgan fingerprint density at radius 1 is 1.36 bits per heavy atom. The van der Waals surface area contributed by atoms with Gasteiger partial charge in [0.15, 0.2) is 6.29 Å². The number of nitrogens with zero attached hydrogens (tertiary/aromatic N) is 2. The second-order valence-electron chi connectivity index (χ2n) is 5.07. The van der Waals surface area contributed by atoms with Gasteiger partial charge in [0, 0.05) is 13.0 Å². The maximum Gasteiger partial charge on any atom is 0.335 e. The van der Waals surface area contributed by atoms with Gasteiger partial charge in [-0.1, -0.05) is 19.1 Å². The third-order valence-electron chi connectivity index (χ3n) is 3.52. The van der Waals surface area contributed by atoms with Crippen LogP contribution < -0.4 is 0 Å². The number of aldehydes is 1. The van der Waals surface area contributed by atoms with Crippen molar-refractivity contribution in [2.45, 2.75) is 32.4 Å². The minimum Gasteiger partial charge on any atom is -0.478 e. The first kappa shape index (κ1) is 15.9. The molecule has 0 bridgehead atoms. The Labute approximate surface area is 128 Å². The molecule has 2 rings (SSSR count). The summed E-state index contributed by atoms with van der Waals surface area (Å²) in [6.45, 7) is 2.28. The smallest absolute Gasteiger partial charge is 0.335 e. The van der Waals surface area contributed by atoms with Crippen LogP contribution in [0, 0.1) is 0 Å². The highest BCUT2D eigenvalue weighted by Crippen LogP contribution is 2.13. The van der Waals surface area contributed by atoms with Crippen LogP contribution in [0.15, 0.2) is 30.5 Å². The molecule has 1 aromatic heterocycles. The van der Waals surface area contributed by atoms with Crippen molar-refractivity contribution in [1.29, 1.82) is 0 Å². The van der Waals surface area contributed by atoms with Gasteiger partial charge in [0.1, 0.15) is 11.5 Å². The topological polar surface area (TPSA) is 92.4 Å². The van der Waals surface area contributed by atoms with E-state index in [0.717, 1.165) is 11.8 Å². The number of benzene rings is 1. The molecule has 0 saturated heterocycles. The van der Waals surface area contributed by atoms with Crippen LogP contribution in [-0.4, -0.2) is 38.1 Å². The van der Waals surface area contributed by atoms with Crippen LogP contribution in [0.2, 0.25) is 0 Å². The third kappa shape index (κ3) is 3.59. The number of aromatic nitrogens is 2. The second-order valence-corrected chi connectivity index (χ2v) is 5.07. The van der Waals surface area contributed by atoms with Crippen LogP contribution in [0.4, 0.5) is 0 Å². The van der Waals surface area contributed by atoms with Gasteiger partial charge in [-0.3, -0.25) is 4.79 Å². The molecule has 22 heavy (non-hydrogen) atoms. The molecule has 0 fully saturated rings. The summed E-state index contributed by atoms with van der Waals surface area (Å²) in [5.41, 5.74) is 1.51. The molecule has 116 valence electrons. The fourth-order valence-corrected chi connectivity index (χ4v) is 2.16. The number of carboxylic acids is 1. The minimum atomic E-state index is -0.977. The lowest BCUT2D eigenvalue weighted by Crippen LogP contribution is -2.15. The van der Waals surface area contributed by atoms with E-state index in [1.807, 2.05) is 6.92 Å². The molecular formula is C16H18N2O4. The van der Waals surface area contributed by atoms with Gasteiger partial charge in [-0.05, 0) is 24.1 Å². The summed E-state index contributed by atoms with van der Waals surface area (Å²) in [6.07, 6.45) is 2.68. The van der Waals surface area contributed by atoms with E-state index in [-0.39, 0.29) is 5.56 Å². The molecular weight excluding hydrogens is 284 g/mol. The summed E-state index contributed by atoms with van der Waals surface area (Å²) >= 11 is 0. The lowest BCUT2D eigenvalue weighted by Gasteiger charge is -2.12. The molecule has 0 aliphatic rings. The molecule has 0 radical (unpaired) electrons. The average molecular weight is 302 g/mol. The number of carbonyl (C=O) groups excluding carboxylic acids is 1. The number of imidazole rings is 1. The van der Waals surface area contributed by atoms with Crippen molar-refractivity contribution in [1.82, 2.24) is 9.55 Å². The Morgan fingerprint density at radius 2 is 2.05 bits per heavy atom. The third-order valence-corrected chi connectivity index (χ3v) is 3.52. The Kier molecular flexibility index (Phi) is 5.06. The van der Waals surface area contributed by atoms with E-state index in [1.165, 1.54) is 18.3 Å².